The number of nitrogens with zero attached hydrogens (tertiary/aromatic N) is 3. The van der Waals surface area contributed by atoms with Crippen molar-refractivity contribution in [2.75, 3.05) is 26.2 Å². The number of nitro groups is 1. The van der Waals surface area contributed by atoms with E-state index in [1.807, 2.05) is 0 Å². The Balaban J connectivity index is 1.74. The average molecular weight is 422 g/mol. The van der Waals surface area contributed by atoms with E-state index in [9.17, 15) is 23.3 Å². The number of nitro benzene ring substituents is 1. The lowest BCUT2D eigenvalue weighted by molar-refractivity contribution is -0.387. The molecule has 1 saturated carbocycles. The van der Waals surface area contributed by atoms with E-state index < -0.39 is 30.4 Å². The Morgan fingerprint density at radius 3 is 2.23 bits per heavy atom. The number of para-hydroxylation sites is 1. The van der Waals surface area contributed by atoms with Gasteiger partial charge in [-0.1, -0.05) is 12.1 Å². The molecule has 3 rings (SSSR count). The highest BCUT2D eigenvalue weighted by atomic mass is 35.5. The molecule has 0 spiro atoms. The molecule has 0 bridgehead atoms. The summed E-state index contributed by atoms with van der Waals surface area (Å²) in [5.74, 6) is -0.203. The van der Waals surface area contributed by atoms with Crippen molar-refractivity contribution in [1.29, 1.82) is 0 Å². The monoisotopic (exact) mass is 421 g/mol. The van der Waals surface area contributed by atoms with E-state index in [4.69, 9.17) is 23.2 Å². The van der Waals surface area contributed by atoms with Gasteiger partial charge >= 0.3 is 0 Å². The van der Waals surface area contributed by atoms with Crippen molar-refractivity contribution in [2.24, 2.45) is 5.41 Å². The van der Waals surface area contributed by atoms with E-state index in [1.54, 1.807) is 6.92 Å². The lowest BCUT2D eigenvalue weighted by atomic mass is 10.1. The smallest absolute Gasteiger partial charge is 0.289 e. The number of carbonyl (C=O) groups excluding carboxylic acids is 1. The molecule has 8 nitrogen and oxygen atoms in total. The van der Waals surface area contributed by atoms with Crippen LogP contribution in [-0.4, -0.2) is 59.0 Å². The Kier molecular flexibility index (Phi) is 4.71. The highest BCUT2D eigenvalue weighted by Gasteiger charge is 2.68. The van der Waals surface area contributed by atoms with Gasteiger partial charge in [-0.2, -0.15) is 4.31 Å². The topological polar surface area (TPSA) is 101 Å². The molecule has 1 aromatic rings. The van der Waals surface area contributed by atoms with Crippen LogP contribution in [0.2, 0.25) is 0 Å². The molecule has 26 heavy (non-hydrogen) atoms. The molecule has 1 unspecified atom stereocenters. The van der Waals surface area contributed by atoms with Gasteiger partial charge < -0.3 is 4.90 Å². The summed E-state index contributed by atoms with van der Waals surface area (Å²) in [4.78, 5) is 24.2. The third-order valence-corrected chi connectivity index (χ3v) is 7.98. The number of benzene rings is 1. The quantitative estimate of drug-likeness (QED) is 0.420. The first-order chi connectivity index (χ1) is 12.0. The number of rotatable bonds is 4. The number of halogens is 2. The molecular formula is C15H17Cl2N3O5S. The molecular weight excluding hydrogens is 405 g/mol. The molecule has 0 aromatic heterocycles. The largest absolute Gasteiger partial charge is 0.339 e. The average Bonchev–Trinajstić information content (AvgIpc) is 3.13. The number of alkyl halides is 2. The van der Waals surface area contributed by atoms with Gasteiger partial charge in [0.15, 0.2) is 4.90 Å². The Labute approximate surface area is 160 Å². The molecule has 1 heterocycles. The molecule has 0 N–H and O–H groups in total. The van der Waals surface area contributed by atoms with E-state index in [2.05, 4.69) is 0 Å². The molecule has 2 fully saturated rings. The Bertz CT molecular complexity index is 868. The summed E-state index contributed by atoms with van der Waals surface area (Å²) in [6.07, 6.45) is 0.358. The van der Waals surface area contributed by atoms with Gasteiger partial charge in [-0.15, -0.1) is 23.2 Å². The Hall–Kier alpha value is -1.42. The predicted molar refractivity (Wildman–Crippen MR) is 95.6 cm³/mol. The standard InChI is InChI=1S/C15H17Cl2N3O5S/c1-14(10-15(14,16)17)13(21)18-6-8-19(9-7-18)26(24,25)12-5-3-2-4-11(12)20(22)23/h2-5H,6-10H2,1H3. The van der Waals surface area contributed by atoms with Crippen molar-refractivity contribution in [3.63, 3.8) is 0 Å². The maximum atomic E-state index is 12.8. The van der Waals surface area contributed by atoms with Crippen LogP contribution < -0.4 is 0 Å². The van der Waals surface area contributed by atoms with Gasteiger partial charge in [0.25, 0.3) is 5.69 Å². The first kappa shape index (κ1) is 19.3. The summed E-state index contributed by atoms with van der Waals surface area (Å²) in [6, 6.07) is 5.22. The number of amides is 1. The highest BCUT2D eigenvalue weighted by molar-refractivity contribution is 7.89. The summed E-state index contributed by atoms with van der Waals surface area (Å²) >= 11 is 12.1. The summed E-state index contributed by atoms with van der Waals surface area (Å²) < 4.78 is 25.6. The zero-order valence-corrected chi connectivity index (χ0v) is 16.2. The van der Waals surface area contributed by atoms with Crippen molar-refractivity contribution in [3.05, 3.63) is 34.4 Å². The number of sulfonamides is 1. The predicted octanol–water partition coefficient (Wildman–Crippen LogP) is 2.01. The Morgan fingerprint density at radius 2 is 1.73 bits per heavy atom. The molecule has 0 radical (unpaired) electrons. The van der Waals surface area contributed by atoms with E-state index in [1.165, 1.54) is 23.1 Å². The second kappa shape index (κ2) is 6.33. The van der Waals surface area contributed by atoms with E-state index in [0.717, 1.165) is 10.4 Å². The molecule has 1 aliphatic heterocycles. The fourth-order valence-corrected chi connectivity index (χ4v) is 5.35. The molecule has 2 aliphatic rings. The lowest BCUT2D eigenvalue weighted by Gasteiger charge is -2.35. The molecule has 1 aromatic carbocycles. The van der Waals surface area contributed by atoms with Crippen LogP contribution in [0, 0.1) is 15.5 Å². The van der Waals surface area contributed by atoms with Crippen molar-refractivity contribution < 1.29 is 18.1 Å². The number of carbonyl (C=O) groups is 1. The maximum Gasteiger partial charge on any atom is 0.289 e. The van der Waals surface area contributed by atoms with Crippen LogP contribution >= 0.6 is 23.2 Å². The highest BCUT2D eigenvalue weighted by Crippen LogP contribution is 2.64. The summed E-state index contributed by atoms with van der Waals surface area (Å²) in [5.41, 5.74) is -1.32. The van der Waals surface area contributed by atoms with Crippen LogP contribution in [0.3, 0.4) is 0 Å². The van der Waals surface area contributed by atoms with Gasteiger partial charge in [-0.05, 0) is 19.4 Å². The van der Waals surface area contributed by atoms with E-state index >= 15 is 0 Å². The lowest BCUT2D eigenvalue weighted by Crippen LogP contribution is -2.52. The van der Waals surface area contributed by atoms with Crippen molar-refractivity contribution in [3.8, 4) is 0 Å². The Morgan fingerprint density at radius 1 is 1.19 bits per heavy atom. The molecule has 1 aliphatic carbocycles. The molecule has 1 amide bonds. The van der Waals surface area contributed by atoms with Gasteiger partial charge in [0.05, 0.1) is 10.3 Å². The first-order valence-corrected chi connectivity index (χ1v) is 10.1. The normalized spacial score (nSPS) is 25.7. The summed E-state index contributed by atoms with van der Waals surface area (Å²) in [7, 11) is -4.03. The zero-order chi connectivity index (χ0) is 19.3. The second-order valence-electron chi connectivity index (χ2n) is 6.63. The molecule has 1 atom stereocenters. The van der Waals surface area contributed by atoms with Crippen LogP contribution in [0.15, 0.2) is 29.2 Å². The fourth-order valence-electron chi connectivity index (χ4n) is 3.08. The SMILES string of the molecule is CC1(C(=O)N2CCN(S(=O)(=O)c3ccccc3[N+](=O)[O-])CC2)CC1(Cl)Cl. The van der Waals surface area contributed by atoms with Crippen LogP contribution in [0.1, 0.15) is 13.3 Å². The number of hydrogen-bond donors (Lipinski definition) is 0. The van der Waals surface area contributed by atoms with E-state index in [0.29, 0.717) is 6.42 Å². The molecule has 1 saturated heterocycles. The zero-order valence-electron chi connectivity index (χ0n) is 13.9. The maximum absolute atomic E-state index is 12.8. The minimum absolute atomic E-state index is 0.0494. The van der Waals surface area contributed by atoms with Gasteiger partial charge in [0.1, 0.15) is 4.33 Å². The van der Waals surface area contributed by atoms with Gasteiger partial charge in [-0.3, -0.25) is 14.9 Å². The molecule has 142 valence electrons. The third kappa shape index (κ3) is 3.06. The van der Waals surface area contributed by atoms with E-state index in [-0.39, 0.29) is 37.0 Å². The summed E-state index contributed by atoms with van der Waals surface area (Å²) in [5, 5.41) is 11.1. The van der Waals surface area contributed by atoms with Crippen molar-refractivity contribution >= 4 is 44.8 Å². The van der Waals surface area contributed by atoms with Crippen LogP contribution in [-0.2, 0) is 14.8 Å². The fraction of sp³-hybridized carbons (Fsp3) is 0.533. The van der Waals surface area contributed by atoms with Crippen molar-refractivity contribution in [2.45, 2.75) is 22.6 Å². The summed E-state index contributed by atoms with van der Waals surface area (Å²) in [6.45, 7) is 2.14. The van der Waals surface area contributed by atoms with Gasteiger partial charge in [0.2, 0.25) is 15.9 Å². The second-order valence-corrected chi connectivity index (χ2v) is 10.0. The van der Waals surface area contributed by atoms with Crippen LogP contribution in [0.5, 0.6) is 0 Å². The van der Waals surface area contributed by atoms with Gasteiger partial charge in [-0.25, -0.2) is 8.42 Å². The van der Waals surface area contributed by atoms with Crippen molar-refractivity contribution in [1.82, 2.24) is 9.21 Å². The van der Waals surface area contributed by atoms with Crippen LogP contribution in [0.25, 0.3) is 0 Å². The minimum Gasteiger partial charge on any atom is -0.339 e. The first-order valence-electron chi connectivity index (χ1n) is 7.91. The van der Waals surface area contributed by atoms with Crippen LogP contribution in [0.4, 0.5) is 5.69 Å². The third-order valence-electron chi connectivity index (χ3n) is 4.94. The van der Waals surface area contributed by atoms with Gasteiger partial charge in [0, 0.05) is 32.2 Å². The number of piperazine rings is 1. The number of hydrogen-bond acceptors (Lipinski definition) is 5. The minimum atomic E-state index is -4.03. The molecule has 11 heteroatoms.